The van der Waals surface area contributed by atoms with E-state index in [-0.39, 0.29) is 11.9 Å². The predicted octanol–water partition coefficient (Wildman–Crippen LogP) is 3.11. The Morgan fingerprint density at radius 3 is 2.90 bits per heavy atom. The predicted molar refractivity (Wildman–Crippen MR) is 79.0 cm³/mol. The number of fused-ring (bicyclic) bond motifs is 3. The van der Waals surface area contributed by atoms with Crippen molar-refractivity contribution in [3.63, 3.8) is 0 Å². The number of aryl methyl sites for hydroxylation is 1. The number of nitrogens with zero attached hydrogens (tertiary/aromatic N) is 1. The minimum Gasteiger partial charge on any atom is -0.360 e. The average Bonchev–Trinajstić information content (AvgIpc) is 3.21. The number of amides is 1. The molecule has 0 saturated heterocycles. The Kier molecular flexibility index (Phi) is 3.27. The zero-order valence-electron chi connectivity index (χ0n) is 12.7. The first-order valence-electron chi connectivity index (χ1n) is 8.50. The molecular weight excluding hydrogens is 264 g/mol. The number of carbonyl (C=O) groups excluding carboxylic acids is 1. The van der Waals surface area contributed by atoms with Crippen molar-refractivity contribution in [1.29, 1.82) is 0 Å². The quantitative estimate of drug-likeness (QED) is 0.929. The van der Waals surface area contributed by atoms with Gasteiger partial charge in [0.25, 0.3) is 5.91 Å². The summed E-state index contributed by atoms with van der Waals surface area (Å²) >= 11 is 0. The van der Waals surface area contributed by atoms with E-state index in [1.165, 1.54) is 25.7 Å². The van der Waals surface area contributed by atoms with Crippen molar-refractivity contribution < 1.29 is 9.32 Å². The molecule has 1 heterocycles. The zero-order chi connectivity index (χ0) is 14.4. The second kappa shape index (κ2) is 5.15. The van der Waals surface area contributed by atoms with E-state index in [1.54, 1.807) is 0 Å². The molecule has 4 nitrogen and oxygen atoms in total. The number of rotatable bonds is 3. The van der Waals surface area contributed by atoms with Gasteiger partial charge in [-0.1, -0.05) is 11.6 Å². The lowest BCUT2D eigenvalue weighted by atomic mass is 9.84. The molecule has 0 spiro atoms. The van der Waals surface area contributed by atoms with E-state index in [1.807, 2.05) is 0 Å². The van der Waals surface area contributed by atoms with Gasteiger partial charge in [-0.05, 0) is 63.2 Å². The van der Waals surface area contributed by atoms with Crippen molar-refractivity contribution in [2.24, 2.45) is 17.8 Å². The summed E-state index contributed by atoms with van der Waals surface area (Å²) in [6, 6.07) is 0.253. The summed E-state index contributed by atoms with van der Waals surface area (Å²) in [5.74, 6) is 3.31. The summed E-state index contributed by atoms with van der Waals surface area (Å²) in [7, 11) is 0. The van der Waals surface area contributed by atoms with Gasteiger partial charge in [-0.25, -0.2) is 0 Å². The van der Waals surface area contributed by atoms with Crippen LogP contribution in [0.4, 0.5) is 0 Å². The summed E-state index contributed by atoms with van der Waals surface area (Å²) in [6.45, 7) is 2.16. The standard InChI is InChI=1S/C17H24N2O2/c1-10(14-9-11-6-7-12(14)8-11)18-17(20)16-13-4-2-3-5-15(13)21-19-16/h10-12,14H,2-9H2,1H3,(H,18,20). The maximum atomic E-state index is 12.5. The molecule has 2 bridgehead atoms. The van der Waals surface area contributed by atoms with Crippen LogP contribution in [0, 0.1) is 17.8 Å². The normalized spacial score (nSPS) is 32.0. The average molecular weight is 288 g/mol. The molecule has 1 aromatic rings. The molecule has 0 radical (unpaired) electrons. The van der Waals surface area contributed by atoms with Gasteiger partial charge >= 0.3 is 0 Å². The van der Waals surface area contributed by atoms with Crippen LogP contribution in [0.3, 0.4) is 0 Å². The number of nitrogens with one attached hydrogen (secondary N) is 1. The molecule has 114 valence electrons. The van der Waals surface area contributed by atoms with Crippen molar-refractivity contribution in [3.8, 4) is 0 Å². The lowest BCUT2D eigenvalue weighted by molar-refractivity contribution is 0.0905. The fourth-order valence-corrected chi connectivity index (χ4v) is 4.85. The molecule has 4 rings (SSSR count). The molecule has 0 aliphatic heterocycles. The highest BCUT2D eigenvalue weighted by atomic mass is 16.5. The number of hydrogen-bond donors (Lipinski definition) is 1. The largest absolute Gasteiger partial charge is 0.360 e. The van der Waals surface area contributed by atoms with Crippen molar-refractivity contribution >= 4 is 5.91 Å². The van der Waals surface area contributed by atoms with Crippen molar-refractivity contribution in [2.45, 2.75) is 64.3 Å². The first-order valence-corrected chi connectivity index (χ1v) is 8.50. The van der Waals surface area contributed by atoms with Crippen molar-refractivity contribution in [1.82, 2.24) is 10.5 Å². The Bertz CT molecular complexity index is 551. The highest BCUT2D eigenvalue weighted by molar-refractivity contribution is 5.94. The van der Waals surface area contributed by atoms with Crippen molar-refractivity contribution in [3.05, 3.63) is 17.0 Å². The van der Waals surface area contributed by atoms with Gasteiger partial charge < -0.3 is 9.84 Å². The van der Waals surface area contributed by atoms with Crippen molar-refractivity contribution in [2.75, 3.05) is 0 Å². The fourth-order valence-electron chi connectivity index (χ4n) is 4.85. The maximum absolute atomic E-state index is 12.5. The van der Waals surface area contributed by atoms with Gasteiger partial charge in [0, 0.05) is 18.0 Å². The van der Waals surface area contributed by atoms with Crippen LogP contribution in [0.1, 0.15) is 67.3 Å². The highest BCUT2D eigenvalue weighted by Gasteiger charge is 2.42. The first kappa shape index (κ1) is 13.4. The van der Waals surface area contributed by atoms with Gasteiger partial charge in [-0.15, -0.1) is 0 Å². The Hall–Kier alpha value is -1.32. The van der Waals surface area contributed by atoms with Gasteiger partial charge in [0.05, 0.1) is 0 Å². The Morgan fingerprint density at radius 1 is 1.29 bits per heavy atom. The van der Waals surface area contributed by atoms with E-state index >= 15 is 0 Å². The summed E-state index contributed by atoms with van der Waals surface area (Å²) in [5.41, 5.74) is 1.60. The van der Waals surface area contributed by atoms with Crippen LogP contribution in [-0.2, 0) is 12.8 Å². The Labute approximate surface area is 125 Å². The first-order chi connectivity index (χ1) is 10.2. The van der Waals surface area contributed by atoms with Crippen LogP contribution in [0.5, 0.6) is 0 Å². The third kappa shape index (κ3) is 2.29. The van der Waals surface area contributed by atoms with Gasteiger partial charge in [0.1, 0.15) is 5.76 Å². The zero-order valence-corrected chi connectivity index (χ0v) is 12.7. The van der Waals surface area contributed by atoms with E-state index in [9.17, 15) is 4.79 Å². The molecule has 3 aliphatic carbocycles. The van der Waals surface area contributed by atoms with Gasteiger partial charge in [0.15, 0.2) is 5.69 Å². The third-order valence-electron chi connectivity index (χ3n) is 5.96. The summed E-state index contributed by atoms with van der Waals surface area (Å²) in [4.78, 5) is 12.5. The lowest BCUT2D eigenvalue weighted by Crippen LogP contribution is -2.40. The second-order valence-electron chi connectivity index (χ2n) is 7.24. The van der Waals surface area contributed by atoms with Crippen LogP contribution < -0.4 is 5.32 Å². The molecule has 1 aromatic heterocycles. The second-order valence-corrected chi connectivity index (χ2v) is 7.24. The summed E-state index contributed by atoms with van der Waals surface area (Å²) in [5, 5.41) is 7.24. The van der Waals surface area contributed by atoms with Gasteiger partial charge in [0.2, 0.25) is 0 Å². The minimum absolute atomic E-state index is 0.0304. The molecule has 1 N–H and O–H groups in total. The highest BCUT2D eigenvalue weighted by Crippen LogP contribution is 2.49. The molecular formula is C17H24N2O2. The monoisotopic (exact) mass is 288 g/mol. The maximum Gasteiger partial charge on any atom is 0.273 e. The van der Waals surface area contributed by atoms with Crippen LogP contribution in [0.2, 0.25) is 0 Å². The third-order valence-corrected chi connectivity index (χ3v) is 5.96. The van der Waals surface area contributed by atoms with Crippen LogP contribution >= 0.6 is 0 Å². The molecule has 0 aromatic carbocycles. The Balaban J connectivity index is 1.45. The molecule has 4 atom stereocenters. The lowest BCUT2D eigenvalue weighted by Gasteiger charge is -2.28. The molecule has 1 amide bonds. The van der Waals surface area contributed by atoms with Gasteiger partial charge in [-0.3, -0.25) is 4.79 Å². The molecule has 3 aliphatic rings. The molecule has 4 heteroatoms. The topological polar surface area (TPSA) is 55.1 Å². The molecule has 2 fully saturated rings. The number of hydrogen-bond acceptors (Lipinski definition) is 3. The van der Waals surface area contributed by atoms with E-state index in [2.05, 4.69) is 17.4 Å². The minimum atomic E-state index is -0.0304. The van der Waals surface area contributed by atoms with E-state index in [4.69, 9.17) is 4.52 Å². The summed E-state index contributed by atoms with van der Waals surface area (Å²) < 4.78 is 5.35. The van der Waals surface area contributed by atoms with E-state index in [0.717, 1.165) is 48.8 Å². The van der Waals surface area contributed by atoms with Crippen LogP contribution in [0.25, 0.3) is 0 Å². The number of carbonyl (C=O) groups is 1. The smallest absolute Gasteiger partial charge is 0.273 e. The SMILES string of the molecule is CC(NC(=O)c1noc2c1CCCC2)C1CC2CCC1C2. The van der Waals surface area contributed by atoms with Crippen LogP contribution in [-0.4, -0.2) is 17.1 Å². The number of aromatic nitrogens is 1. The van der Waals surface area contributed by atoms with Gasteiger partial charge in [-0.2, -0.15) is 0 Å². The Morgan fingerprint density at radius 2 is 2.14 bits per heavy atom. The molecule has 4 unspecified atom stereocenters. The van der Waals surface area contributed by atoms with E-state index < -0.39 is 0 Å². The molecule has 21 heavy (non-hydrogen) atoms. The fraction of sp³-hybridized carbons (Fsp3) is 0.765. The van der Waals surface area contributed by atoms with E-state index in [0.29, 0.717) is 11.6 Å². The molecule has 2 saturated carbocycles. The summed E-state index contributed by atoms with van der Waals surface area (Å²) in [6.07, 6.45) is 9.57. The van der Waals surface area contributed by atoms with Crippen LogP contribution in [0.15, 0.2) is 4.52 Å².